The van der Waals surface area contributed by atoms with E-state index in [2.05, 4.69) is 93.8 Å². The first-order valence-electron chi connectivity index (χ1n) is 24.1. The van der Waals surface area contributed by atoms with Gasteiger partial charge >= 0.3 is 5.97 Å². The standard InChI is InChI=1S/C27H31N5O4Si.C26H30N6O3Si.CH4O/c1-27(34,24-18-31(30-28-24)19-36-15-16-37(3,4)5)14-13-20-9-8-10-21(17-20)32-23-12-7-6-11-22(23)25(29-32)26(33)35-2;1-26(34,23-17-31(30-28-23)18-35-14-15-36(2,3)4)13-12-19-8-7-9-20(16-19)32-22-11-6-5-10-21(22)24(29-32)25(27)33;1-2/h6-12,17-18,34H,15-16,19H2,1-5H3;5-11,16-17,34H,14-15,18H2,1-4H3,(H2,27,33);2H,1H3. The predicted molar refractivity (Wildman–Crippen MR) is 291 cm³/mol. The number of nitrogens with two attached hydrogens (primary N) is 1. The van der Waals surface area contributed by atoms with Gasteiger partial charge in [-0.25, -0.2) is 23.5 Å². The number of primary amides is 1. The first-order chi connectivity index (χ1) is 35.6. The van der Waals surface area contributed by atoms with Crippen molar-refractivity contribution in [2.75, 3.05) is 27.4 Å². The second-order valence-corrected chi connectivity index (χ2v) is 31.4. The number of methoxy groups -OCH3 is 1. The summed E-state index contributed by atoms with van der Waals surface area (Å²) in [5.41, 5.74) is 7.91. The summed E-state index contributed by atoms with van der Waals surface area (Å²) in [7, 11) is 0.00761. The Morgan fingerprint density at radius 3 is 1.45 bits per heavy atom. The maximum Gasteiger partial charge on any atom is 0.359 e. The van der Waals surface area contributed by atoms with E-state index in [-0.39, 0.29) is 24.8 Å². The monoisotopic (exact) mass is 1050 g/mol. The average molecular weight is 1050 g/mol. The topological polar surface area (TPSA) is 246 Å². The second kappa shape index (κ2) is 24.6. The number of nitrogens with zero attached hydrogens (tertiary/aromatic N) is 10. The highest BCUT2D eigenvalue weighted by atomic mass is 28.3. The number of ether oxygens (including phenoxy) is 3. The highest BCUT2D eigenvalue weighted by Gasteiger charge is 2.26. The number of carbonyl (C=O) groups excluding carboxylic acids is 2. The van der Waals surface area contributed by atoms with Crippen LogP contribution in [0.25, 0.3) is 33.2 Å². The lowest BCUT2D eigenvalue weighted by Crippen LogP contribution is -2.22. The number of benzene rings is 4. The van der Waals surface area contributed by atoms with Gasteiger partial charge in [0.25, 0.3) is 5.91 Å². The molecule has 392 valence electrons. The Balaban J connectivity index is 0.000000236. The SMILES string of the molecule is CC(O)(C#Cc1cccc(-n2nc(C(N)=O)c3ccccc32)c1)c1cn(COCC[Si](C)(C)C)nn1.CO.COC(=O)c1nn(-c2cccc(C#CC(C)(O)c3cn(COCC[Si](C)(C)C)nn3)c2)c2ccccc12. The van der Waals surface area contributed by atoms with Crippen LogP contribution in [0, 0.1) is 23.7 Å². The molecular weight excluding hydrogens is 987 g/mol. The van der Waals surface area contributed by atoms with E-state index < -0.39 is 39.2 Å². The summed E-state index contributed by atoms with van der Waals surface area (Å²) in [6, 6.07) is 31.7. The normalized spacial score (nSPS) is 12.9. The Morgan fingerprint density at radius 1 is 0.627 bits per heavy atom. The molecule has 8 aromatic rings. The lowest BCUT2D eigenvalue weighted by molar-refractivity contribution is 0.0595. The number of aromatic nitrogens is 10. The quantitative estimate of drug-likeness (QED) is 0.0334. The van der Waals surface area contributed by atoms with Gasteiger partial charge in [0.15, 0.2) is 22.6 Å². The Labute approximate surface area is 438 Å². The minimum absolute atomic E-state index is 0.206. The Kier molecular flexibility index (Phi) is 18.6. The van der Waals surface area contributed by atoms with Gasteiger partial charge < -0.3 is 35.3 Å². The number of aliphatic hydroxyl groups is 3. The van der Waals surface area contributed by atoms with Crippen molar-refractivity contribution in [2.24, 2.45) is 5.73 Å². The summed E-state index contributed by atoms with van der Waals surface area (Å²) < 4.78 is 22.7. The third kappa shape index (κ3) is 15.2. The van der Waals surface area contributed by atoms with Crippen LogP contribution in [-0.2, 0) is 38.9 Å². The minimum Gasteiger partial charge on any atom is -0.464 e. The van der Waals surface area contributed by atoms with E-state index in [0.717, 1.165) is 35.9 Å². The first kappa shape index (κ1) is 56.7. The molecule has 2 atom stereocenters. The molecule has 0 spiro atoms. The summed E-state index contributed by atoms with van der Waals surface area (Å²) in [5.74, 6) is 10.7. The maximum atomic E-state index is 12.2. The number of hydrogen-bond donors (Lipinski definition) is 4. The number of amides is 1. The van der Waals surface area contributed by atoms with Crippen LogP contribution >= 0.6 is 0 Å². The molecule has 4 aromatic carbocycles. The van der Waals surface area contributed by atoms with Gasteiger partial charge in [0.05, 0.1) is 41.9 Å². The van der Waals surface area contributed by atoms with Crippen molar-refractivity contribution >= 4 is 49.8 Å². The maximum absolute atomic E-state index is 12.2. The van der Waals surface area contributed by atoms with Crippen LogP contribution in [0.1, 0.15) is 57.3 Å². The van der Waals surface area contributed by atoms with Crippen LogP contribution in [0.5, 0.6) is 0 Å². The predicted octanol–water partition coefficient (Wildman–Crippen LogP) is 6.87. The zero-order valence-electron chi connectivity index (χ0n) is 44.1. The van der Waals surface area contributed by atoms with Crippen LogP contribution in [0.4, 0.5) is 0 Å². The number of rotatable bonds is 16. The molecule has 4 aromatic heterocycles. The fraction of sp³-hybridized carbons (Fsp3) is 0.333. The molecule has 0 aliphatic rings. The summed E-state index contributed by atoms with van der Waals surface area (Å²) in [6.45, 7) is 18.8. The van der Waals surface area contributed by atoms with E-state index in [4.69, 9.17) is 25.1 Å². The van der Waals surface area contributed by atoms with Crippen LogP contribution in [-0.4, -0.2) is 120 Å². The molecule has 1 amide bonds. The van der Waals surface area contributed by atoms with E-state index >= 15 is 0 Å². The summed E-state index contributed by atoms with van der Waals surface area (Å²) in [5, 5.41) is 55.4. The van der Waals surface area contributed by atoms with Gasteiger partial charge in [-0.1, -0.05) is 122 Å². The molecule has 4 heterocycles. The zero-order chi connectivity index (χ0) is 54.6. The van der Waals surface area contributed by atoms with Crippen LogP contribution in [0.2, 0.25) is 51.4 Å². The van der Waals surface area contributed by atoms with E-state index in [9.17, 15) is 19.8 Å². The molecule has 0 aliphatic heterocycles. The van der Waals surface area contributed by atoms with E-state index in [1.165, 1.54) is 7.11 Å². The van der Waals surface area contributed by atoms with Crippen LogP contribution in [0.3, 0.4) is 0 Å². The van der Waals surface area contributed by atoms with Gasteiger partial charge in [0.1, 0.15) is 24.8 Å². The van der Waals surface area contributed by atoms with Crippen molar-refractivity contribution in [3.8, 4) is 35.1 Å². The van der Waals surface area contributed by atoms with Crippen molar-refractivity contribution in [1.29, 1.82) is 0 Å². The van der Waals surface area contributed by atoms with Crippen molar-refractivity contribution < 1.29 is 39.1 Å². The first-order valence-corrected chi connectivity index (χ1v) is 31.5. The van der Waals surface area contributed by atoms with E-state index in [1.807, 2.05) is 97.1 Å². The summed E-state index contributed by atoms with van der Waals surface area (Å²) in [6.07, 6.45) is 3.28. The highest BCUT2D eigenvalue weighted by Crippen LogP contribution is 2.26. The Morgan fingerprint density at radius 2 is 1.04 bits per heavy atom. The molecule has 75 heavy (non-hydrogen) atoms. The molecule has 0 radical (unpaired) electrons. The molecule has 21 heteroatoms. The third-order valence-corrected chi connectivity index (χ3v) is 14.8. The molecule has 19 nitrogen and oxygen atoms in total. The smallest absolute Gasteiger partial charge is 0.359 e. The average Bonchev–Trinajstić information content (AvgIpc) is 4.22. The molecule has 8 rings (SSSR count). The van der Waals surface area contributed by atoms with Gasteiger partial charge in [0.2, 0.25) is 0 Å². The molecule has 2 unspecified atom stereocenters. The van der Waals surface area contributed by atoms with Gasteiger partial charge in [-0.3, -0.25) is 4.79 Å². The lowest BCUT2D eigenvalue weighted by atomic mass is 10.0. The van der Waals surface area contributed by atoms with Crippen molar-refractivity contribution in [1.82, 2.24) is 49.5 Å². The van der Waals surface area contributed by atoms with Crippen molar-refractivity contribution in [3.63, 3.8) is 0 Å². The number of fused-ring (bicyclic) bond motifs is 2. The van der Waals surface area contributed by atoms with E-state index in [1.54, 1.807) is 45.0 Å². The molecule has 0 bridgehead atoms. The minimum atomic E-state index is -1.51. The van der Waals surface area contributed by atoms with Gasteiger partial charge in [-0.2, -0.15) is 10.2 Å². The molecule has 0 fully saturated rings. The van der Waals surface area contributed by atoms with Gasteiger partial charge in [-0.15, -0.1) is 10.2 Å². The zero-order valence-corrected chi connectivity index (χ0v) is 46.1. The summed E-state index contributed by atoms with van der Waals surface area (Å²) >= 11 is 0. The lowest BCUT2D eigenvalue weighted by Gasteiger charge is -2.15. The van der Waals surface area contributed by atoms with Crippen LogP contribution in [0.15, 0.2) is 109 Å². The molecule has 5 N–H and O–H groups in total. The van der Waals surface area contributed by atoms with Gasteiger partial charge in [-0.05, 0) is 74.5 Å². The number of carbonyl (C=O) groups is 2. The Hall–Kier alpha value is -7.61. The van der Waals surface area contributed by atoms with Gasteiger partial charge in [0, 0.05) is 58.4 Å². The third-order valence-electron chi connectivity index (χ3n) is 11.4. The molecule has 0 saturated heterocycles. The Bertz CT molecular complexity index is 3380. The highest BCUT2D eigenvalue weighted by molar-refractivity contribution is 6.76. The molecule has 0 aliphatic carbocycles. The fourth-order valence-corrected chi connectivity index (χ4v) is 8.66. The second-order valence-electron chi connectivity index (χ2n) is 20.1. The largest absolute Gasteiger partial charge is 0.464 e. The number of para-hydroxylation sites is 2. The fourth-order valence-electron chi connectivity index (χ4n) is 7.14. The van der Waals surface area contributed by atoms with Crippen LogP contribution < -0.4 is 5.73 Å². The molecule has 0 saturated carbocycles. The van der Waals surface area contributed by atoms with Crippen molar-refractivity contribution in [3.05, 3.63) is 143 Å². The number of hydrogen-bond acceptors (Lipinski definition) is 14. The molecular formula is C54H65N11O8Si2. The summed E-state index contributed by atoms with van der Waals surface area (Å²) in [4.78, 5) is 24.1. The van der Waals surface area contributed by atoms with Crippen molar-refractivity contribution in [2.45, 2.75) is 89.9 Å². The number of aliphatic hydroxyl groups excluding tert-OH is 1. The van der Waals surface area contributed by atoms with E-state index in [0.29, 0.717) is 52.2 Å². The number of esters is 1.